The van der Waals surface area contributed by atoms with E-state index in [9.17, 15) is 9.59 Å². The van der Waals surface area contributed by atoms with E-state index < -0.39 is 0 Å². The smallest absolute Gasteiger partial charge is 0.334 e. The molecule has 0 atom stereocenters. The highest BCUT2D eigenvalue weighted by Gasteiger charge is 2.30. The van der Waals surface area contributed by atoms with Crippen molar-refractivity contribution in [3.63, 3.8) is 0 Å². The third kappa shape index (κ3) is 12.1. The Hall–Kier alpha value is -1.32. The lowest BCUT2D eigenvalue weighted by atomic mass is 9.81. The van der Waals surface area contributed by atoms with E-state index in [0.717, 1.165) is 51.4 Å². The molecule has 0 aromatic rings. The van der Waals surface area contributed by atoms with Gasteiger partial charge in [-0.15, -0.1) is 0 Å². The van der Waals surface area contributed by atoms with E-state index in [1.54, 1.807) is 0 Å². The summed E-state index contributed by atoms with van der Waals surface area (Å²) in [5.74, 6) is -0.450. The van der Waals surface area contributed by atoms with E-state index in [2.05, 4.69) is 13.8 Å². The highest BCUT2D eigenvalue weighted by atomic mass is 16.5. The van der Waals surface area contributed by atoms with Gasteiger partial charge in [-0.25, -0.2) is 9.59 Å². The zero-order valence-electron chi connectivity index (χ0n) is 21.4. The minimum absolute atomic E-state index is 0.136. The van der Waals surface area contributed by atoms with Gasteiger partial charge in [-0.05, 0) is 38.0 Å². The molecule has 1 aliphatic rings. The van der Waals surface area contributed by atoms with Gasteiger partial charge in [0, 0.05) is 5.57 Å². The van der Waals surface area contributed by atoms with Gasteiger partial charge in [0.1, 0.15) is 0 Å². The molecule has 0 aliphatic heterocycles. The van der Waals surface area contributed by atoms with Gasteiger partial charge in [0.05, 0.1) is 18.8 Å². The molecule has 0 N–H and O–H groups in total. The van der Waals surface area contributed by atoms with Gasteiger partial charge in [0.2, 0.25) is 0 Å². The highest BCUT2D eigenvalue weighted by molar-refractivity contribution is 6.00. The first-order chi connectivity index (χ1) is 15.7. The second-order valence-electron chi connectivity index (χ2n) is 9.39. The van der Waals surface area contributed by atoms with E-state index in [4.69, 9.17) is 9.47 Å². The van der Waals surface area contributed by atoms with E-state index in [-0.39, 0.29) is 17.9 Å². The lowest BCUT2D eigenvalue weighted by Gasteiger charge is -2.25. The van der Waals surface area contributed by atoms with Crippen molar-refractivity contribution in [3.8, 4) is 0 Å². The van der Waals surface area contributed by atoms with Crippen LogP contribution in [0.5, 0.6) is 0 Å². The van der Waals surface area contributed by atoms with Gasteiger partial charge in [0.25, 0.3) is 0 Å². The Kier molecular flexibility index (Phi) is 17.2. The second kappa shape index (κ2) is 19.2. The fraction of sp³-hybridized carbons (Fsp3) is 0.857. The summed E-state index contributed by atoms with van der Waals surface area (Å²) in [4.78, 5) is 26.0. The van der Waals surface area contributed by atoms with Crippen molar-refractivity contribution in [2.45, 2.75) is 136 Å². The normalized spacial score (nSPS) is 15.3. The molecule has 1 saturated carbocycles. The van der Waals surface area contributed by atoms with Crippen LogP contribution in [0.15, 0.2) is 11.1 Å². The molecule has 1 fully saturated rings. The Balaban J connectivity index is 2.64. The molecule has 0 heterocycles. The van der Waals surface area contributed by atoms with Crippen LogP contribution in [0.2, 0.25) is 0 Å². The Morgan fingerprint density at radius 2 is 1.09 bits per heavy atom. The van der Waals surface area contributed by atoms with Crippen molar-refractivity contribution < 1.29 is 19.1 Å². The molecule has 0 aromatic carbocycles. The SMILES string of the molecule is CCCCCCCCOC(=O)/C(CC)=C(\C(=O)OCCCCCCCC)C1CCCCC1. The van der Waals surface area contributed by atoms with Gasteiger partial charge < -0.3 is 9.47 Å². The van der Waals surface area contributed by atoms with E-state index in [1.165, 1.54) is 57.8 Å². The van der Waals surface area contributed by atoms with Crippen LogP contribution in [0, 0.1) is 5.92 Å². The summed E-state index contributed by atoms with van der Waals surface area (Å²) in [6, 6.07) is 0. The quantitative estimate of drug-likeness (QED) is 0.120. The summed E-state index contributed by atoms with van der Waals surface area (Å²) in [5, 5.41) is 0. The first-order valence-corrected chi connectivity index (χ1v) is 13.7. The number of carbonyl (C=O) groups is 2. The molecule has 1 rings (SSSR count). The lowest BCUT2D eigenvalue weighted by Crippen LogP contribution is -2.24. The number of esters is 2. The fourth-order valence-corrected chi connectivity index (χ4v) is 4.63. The Morgan fingerprint density at radius 3 is 1.59 bits per heavy atom. The van der Waals surface area contributed by atoms with Crippen LogP contribution >= 0.6 is 0 Å². The first-order valence-electron chi connectivity index (χ1n) is 13.7. The zero-order chi connectivity index (χ0) is 23.4. The maximum Gasteiger partial charge on any atom is 0.334 e. The van der Waals surface area contributed by atoms with Crippen LogP contribution < -0.4 is 0 Å². The maximum absolute atomic E-state index is 13.1. The van der Waals surface area contributed by atoms with E-state index >= 15 is 0 Å². The Bertz CT molecular complexity index is 532. The van der Waals surface area contributed by atoms with Crippen LogP contribution in [0.1, 0.15) is 136 Å². The summed E-state index contributed by atoms with van der Waals surface area (Å²) in [6.07, 6.45) is 19.8. The number of unbranched alkanes of at least 4 members (excludes halogenated alkanes) is 10. The van der Waals surface area contributed by atoms with Crippen LogP contribution in [0.25, 0.3) is 0 Å². The largest absolute Gasteiger partial charge is 0.462 e. The van der Waals surface area contributed by atoms with E-state index in [0.29, 0.717) is 30.8 Å². The van der Waals surface area contributed by atoms with Gasteiger partial charge in [-0.2, -0.15) is 0 Å². The van der Waals surface area contributed by atoms with Gasteiger partial charge in [0.15, 0.2) is 0 Å². The number of hydrogen-bond acceptors (Lipinski definition) is 4. The van der Waals surface area contributed by atoms with Crippen molar-refractivity contribution in [3.05, 3.63) is 11.1 Å². The molecule has 0 saturated heterocycles. The number of hydrogen-bond donors (Lipinski definition) is 0. The van der Waals surface area contributed by atoms with Crippen molar-refractivity contribution in [2.24, 2.45) is 5.92 Å². The molecule has 186 valence electrons. The molecule has 4 nitrogen and oxygen atoms in total. The second-order valence-corrected chi connectivity index (χ2v) is 9.39. The molecule has 0 radical (unpaired) electrons. The molecule has 0 spiro atoms. The summed E-state index contributed by atoms with van der Waals surface area (Å²) in [6.45, 7) is 7.27. The van der Waals surface area contributed by atoms with Crippen molar-refractivity contribution in [1.29, 1.82) is 0 Å². The summed E-state index contributed by atoms with van der Waals surface area (Å²) < 4.78 is 11.3. The monoisotopic (exact) mass is 450 g/mol. The third-order valence-corrected chi connectivity index (χ3v) is 6.62. The van der Waals surface area contributed by atoms with Crippen LogP contribution in [-0.2, 0) is 19.1 Å². The van der Waals surface area contributed by atoms with E-state index in [1.807, 2.05) is 6.92 Å². The van der Waals surface area contributed by atoms with Crippen molar-refractivity contribution in [1.82, 2.24) is 0 Å². The topological polar surface area (TPSA) is 52.6 Å². The zero-order valence-corrected chi connectivity index (χ0v) is 21.4. The minimum Gasteiger partial charge on any atom is -0.462 e. The minimum atomic E-state index is -0.307. The van der Waals surface area contributed by atoms with Crippen LogP contribution in [0.4, 0.5) is 0 Å². The molecular weight excluding hydrogens is 400 g/mol. The molecule has 0 aromatic heterocycles. The van der Waals surface area contributed by atoms with Crippen LogP contribution in [-0.4, -0.2) is 25.2 Å². The Morgan fingerprint density at radius 1 is 0.625 bits per heavy atom. The maximum atomic E-state index is 13.1. The molecule has 0 amide bonds. The predicted molar refractivity (Wildman–Crippen MR) is 133 cm³/mol. The summed E-state index contributed by atoms with van der Waals surface area (Å²) >= 11 is 0. The third-order valence-electron chi connectivity index (χ3n) is 6.62. The van der Waals surface area contributed by atoms with Crippen molar-refractivity contribution >= 4 is 11.9 Å². The Labute approximate surface area is 197 Å². The van der Waals surface area contributed by atoms with Gasteiger partial charge in [-0.3, -0.25) is 0 Å². The highest BCUT2D eigenvalue weighted by Crippen LogP contribution is 2.33. The van der Waals surface area contributed by atoms with Gasteiger partial charge in [-0.1, -0.05) is 104 Å². The molecule has 32 heavy (non-hydrogen) atoms. The fourth-order valence-electron chi connectivity index (χ4n) is 4.63. The van der Waals surface area contributed by atoms with Crippen LogP contribution in [0.3, 0.4) is 0 Å². The number of carbonyl (C=O) groups excluding carboxylic acids is 2. The molecule has 1 aliphatic carbocycles. The van der Waals surface area contributed by atoms with Crippen molar-refractivity contribution in [2.75, 3.05) is 13.2 Å². The lowest BCUT2D eigenvalue weighted by molar-refractivity contribution is -0.143. The summed E-state index contributed by atoms with van der Waals surface area (Å²) in [7, 11) is 0. The number of ether oxygens (including phenoxy) is 2. The molecular formula is C28H50O4. The molecule has 0 bridgehead atoms. The average molecular weight is 451 g/mol. The first kappa shape index (κ1) is 28.7. The molecule has 0 unspecified atom stereocenters. The molecule has 4 heteroatoms. The van der Waals surface area contributed by atoms with Gasteiger partial charge >= 0.3 is 11.9 Å². The summed E-state index contributed by atoms with van der Waals surface area (Å²) in [5.41, 5.74) is 1.17. The average Bonchev–Trinajstić information content (AvgIpc) is 2.81. The standard InChI is InChI=1S/C28H50O4/c1-4-7-9-11-13-18-22-31-27(29)25(6-3)26(24-20-16-15-17-21-24)28(30)32-23-19-14-12-10-8-5-2/h24H,4-23H2,1-3H3/b26-25-. The number of rotatable bonds is 18. The predicted octanol–water partition coefficient (Wildman–Crippen LogP) is 8.08.